The minimum absolute atomic E-state index is 0.130. The van der Waals surface area contributed by atoms with Crippen molar-refractivity contribution in [1.82, 2.24) is 0 Å². The topological polar surface area (TPSA) is 50.4 Å². The Morgan fingerprint density at radius 3 is 2.46 bits per heavy atom. The van der Waals surface area contributed by atoms with Gasteiger partial charge in [-0.05, 0) is 42.8 Å². The summed E-state index contributed by atoms with van der Waals surface area (Å²) in [6, 6.07) is 14.8. The lowest BCUT2D eigenvalue weighted by Crippen LogP contribution is -2.21. The fraction of sp³-hybridized carbons (Fsp3) is 0.381. The van der Waals surface area contributed by atoms with Crippen LogP contribution in [0.1, 0.15) is 39.0 Å². The lowest BCUT2D eigenvalue weighted by atomic mass is 10.2. The number of unbranched alkanes of at least 4 members (excludes halogenated alkanes) is 4. The molecule has 0 unspecified atom stereocenters. The Labute approximate surface area is 160 Å². The van der Waals surface area contributed by atoms with Crippen molar-refractivity contribution in [2.24, 2.45) is 0 Å². The third-order valence-corrected chi connectivity index (χ3v) is 4.30. The molecule has 0 aliphatic carbocycles. The van der Waals surface area contributed by atoms with Gasteiger partial charge in [-0.15, -0.1) is 0 Å². The van der Waals surface area contributed by atoms with Gasteiger partial charge in [-0.1, -0.05) is 56.3 Å². The summed E-state index contributed by atoms with van der Waals surface area (Å²) in [4.78, 5) is 12.0. The molecule has 2 rings (SSSR count). The van der Waals surface area contributed by atoms with E-state index < -0.39 is 0 Å². The number of carbonyl (C=O) groups excluding carboxylic acids is 1. The lowest BCUT2D eigenvalue weighted by Gasteiger charge is -2.10. The number of halogens is 1. The molecule has 1 amide bonds. The van der Waals surface area contributed by atoms with Crippen molar-refractivity contribution in [2.75, 3.05) is 23.8 Å². The Morgan fingerprint density at radius 2 is 1.73 bits per heavy atom. The highest BCUT2D eigenvalue weighted by molar-refractivity contribution is 6.33. The first-order valence-electron chi connectivity index (χ1n) is 9.20. The van der Waals surface area contributed by atoms with E-state index in [9.17, 15) is 4.79 Å². The molecule has 5 heteroatoms. The zero-order valence-corrected chi connectivity index (χ0v) is 16.0. The van der Waals surface area contributed by atoms with Gasteiger partial charge in [0, 0.05) is 5.69 Å². The average molecular weight is 375 g/mol. The van der Waals surface area contributed by atoms with Gasteiger partial charge in [0.25, 0.3) is 0 Å². The van der Waals surface area contributed by atoms with E-state index >= 15 is 0 Å². The summed E-state index contributed by atoms with van der Waals surface area (Å²) in [5.41, 5.74) is 1.48. The molecule has 0 aliphatic rings. The number of hydrogen-bond acceptors (Lipinski definition) is 3. The largest absolute Gasteiger partial charge is 0.494 e. The fourth-order valence-corrected chi connectivity index (χ4v) is 2.72. The molecule has 140 valence electrons. The Morgan fingerprint density at radius 1 is 1.00 bits per heavy atom. The number of nitrogens with one attached hydrogen (secondary N) is 2. The molecule has 2 aromatic rings. The van der Waals surface area contributed by atoms with Crippen molar-refractivity contribution in [3.05, 3.63) is 53.6 Å². The molecule has 0 radical (unpaired) electrons. The molecule has 0 fully saturated rings. The average Bonchev–Trinajstić information content (AvgIpc) is 2.65. The molecule has 0 saturated carbocycles. The summed E-state index contributed by atoms with van der Waals surface area (Å²) in [6.07, 6.45) is 6.10. The van der Waals surface area contributed by atoms with Gasteiger partial charge in [0.2, 0.25) is 5.91 Å². The van der Waals surface area contributed by atoms with E-state index in [-0.39, 0.29) is 12.5 Å². The number of anilines is 2. The molecule has 0 heterocycles. The summed E-state index contributed by atoms with van der Waals surface area (Å²) < 4.78 is 5.72. The molecule has 4 nitrogen and oxygen atoms in total. The Kier molecular flexibility index (Phi) is 8.84. The van der Waals surface area contributed by atoms with Crippen LogP contribution < -0.4 is 15.4 Å². The smallest absolute Gasteiger partial charge is 0.243 e. The molecular weight excluding hydrogens is 348 g/mol. The van der Waals surface area contributed by atoms with Crippen LogP contribution >= 0.6 is 11.6 Å². The zero-order valence-electron chi connectivity index (χ0n) is 15.3. The molecular formula is C21H27ClN2O2. The second kappa shape index (κ2) is 11.4. The monoisotopic (exact) mass is 374 g/mol. The van der Waals surface area contributed by atoms with E-state index in [1.165, 1.54) is 25.7 Å². The van der Waals surface area contributed by atoms with Crippen LogP contribution in [-0.2, 0) is 4.79 Å². The van der Waals surface area contributed by atoms with Crippen LogP contribution in [0.3, 0.4) is 0 Å². The molecule has 2 aromatic carbocycles. The van der Waals surface area contributed by atoms with E-state index in [1.54, 1.807) is 6.07 Å². The maximum Gasteiger partial charge on any atom is 0.243 e. The Balaban J connectivity index is 1.69. The number of para-hydroxylation sites is 1. The van der Waals surface area contributed by atoms with E-state index in [0.717, 1.165) is 30.2 Å². The van der Waals surface area contributed by atoms with Crippen LogP contribution in [0.4, 0.5) is 11.4 Å². The number of ether oxygens (including phenoxy) is 1. The summed E-state index contributed by atoms with van der Waals surface area (Å²) in [5, 5.41) is 6.47. The molecule has 2 N–H and O–H groups in total. The maximum atomic E-state index is 12.0. The molecule has 0 spiro atoms. The van der Waals surface area contributed by atoms with Gasteiger partial charge in [0.1, 0.15) is 5.75 Å². The molecule has 0 atom stereocenters. The van der Waals surface area contributed by atoms with Gasteiger partial charge in [-0.25, -0.2) is 0 Å². The van der Waals surface area contributed by atoms with E-state index in [2.05, 4.69) is 17.6 Å². The first-order chi connectivity index (χ1) is 12.7. The minimum Gasteiger partial charge on any atom is -0.494 e. The van der Waals surface area contributed by atoms with Gasteiger partial charge in [-0.2, -0.15) is 0 Å². The highest BCUT2D eigenvalue weighted by atomic mass is 35.5. The lowest BCUT2D eigenvalue weighted by molar-refractivity contribution is -0.114. The summed E-state index contributed by atoms with van der Waals surface area (Å²) >= 11 is 6.05. The normalized spacial score (nSPS) is 10.4. The second-order valence-corrected chi connectivity index (χ2v) is 6.58. The van der Waals surface area contributed by atoms with Crippen LogP contribution in [0.15, 0.2) is 48.5 Å². The summed E-state index contributed by atoms with van der Waals surface area (Å²) in [5.74, 6) is 0.696. The van der Waals surface area contributed by atoms with Gasteiger partial charge < -0.3 is 15.4 Å². The van der Waals surface area contributed by atoms with Gasteiger partial charge in [-0.3, -0.25) is 4.79 Å². The van der Waals surface area contributed by atoms with Gasteiger partial charge in [0.05, 0.1) is 23.9 Å². The second-order valence-electron chi connectivity index (χ2n) is 6.17. The predicted octanol–water partition coefficient (Wildman–Crippen LogP) is 5.74. The van der Waals surface area contributed by atoms with Crippen molar-refractivity contribution in [2.45, 2.75) is 39.0 Å². The molecule has 26 heavy (non-hydrogen) atoms. The van der Waals surface area contributed by atoms with Crippen molar-refractivity contribution >= 4 is 28.9 Å². The molecule has 0 saturated heterocycles. The summed E-state index contributed by atoms with van der Waals surface area (Å²) in [6.45, 7) is 3.10. The van der Waals surface area contributed by atoms with E-state index in [4.69, 9.17) is 16.3 Å². The van der Waals surface area contributed by atoms with Crippen molar-refractivity contribution < 1.29 is 9.53 Å². The van der Waals surface area contributed by atoms with E-state index in [1.807, 2.05) is 42.5 Å². The van der Waals surface area contributed by atoms with Gasteiger partial charge >= 0.3 is 0 Å². The summed E-state index contributed by atoms with van der Waals surface area (Å²) in [7, 11) is 0. The maximum absolute atomic E-state index is 12.0. The van der Waals surface area contributed by atoms with Crippen LogP contribution in [0.2, 0.25) is 5.02 Å². The molecule has 0 bridgehead atoms. The number of amides is 1. The highest BCUT2D eigenvalue weighted by Crippen LogP contribution is 2.20. The van der Waals surface area contributed by atoms with Crippen molar-refractivity contribution in [3.63, 3.8) is 0 Å². The molecule has 0 aromatic heterocycles. The number of carbonyl (C=O) groups is 1. The first kappa shape index (κ1) is 20.1. The first-order valence-corrected chi connectivity index (χ1v) is 9.58. The van der Waals surface area contributed by atoms with Crippen LogP contribution in [0.5, 0.6) is 5.75 Å². The van der Waals surface area contributed by atoms with Crippen molar-refractivity contribution in [3.8, 4) is 5.75 Å². The zero-order chi connectivity index (χ0) is 18.6. The Bertz CT molecular complexity index is 674. The SMILES string of the molecule is CCCCCCCOc1ccc(NC(=O)CNc2ccccc2Cl)cc1. The minimum atomic E-state index is -0.130. The predicted molar refractivity (Wildman–Crippen MR) is 109 cm³/mol. The fourth-order valence-electron chi connectivity index (χ4n) is 2.52. The van der Waals surface area contributed by atoms with Crippen LogP contribution in [0, 0.1) is 0 Å². The van der Waals surface area contributed by atoms with Gasteiger partial charge in [0.15, 0.2) is 0 Å². The third kappa shape index (κ3) is 7.36. The number of benzene rings is 2. The van der Waals surface area contributed by atoms with Crippen LogP contribution in [-0.4, -0.2) is 19.1 Å². The van der Waals surface area contributed by atoms with Crippen molar-refractivity contribution in [1.29, 1.82) is 0 Å². The molecule has 0 aliphatic heterocycles. The Hall–Kier alpha value is -2.20. The highest BCUT2D eigenvalue weighted by Gasteiger charge is 2.04. The standard InChI is InChI=1S/C21H27ClN2O2/c1-2-3-4-5-8-15-26-18-13-11-17(12-14-18)24-21(25)16-23-20-10-7-6-9-19(20)22/h6-7,9-14,23H,2-5,8,15-16H2,1H3,(H,24,25). The van der Waals surface area contributed by atoms with E-state index in [0.29, 0.717) is 5.02 Å². The number of hydrogen-bond donors (Lipinski definition) is 2. The third-order valence-electron chi connectivity index (χ3n) is 3.97. The quantitative estimate of drug-likeness (QED) is 0.493. The van der Waals surface area contributed by atoms with Crippen LogP contribution in [0.25, 0.3) is 0 Å². The number of rotatable bonds is 11.